The van der Waals surface area contributed by atoms with E-state index in [2.05, 4.69) is 20.6 Å². The van der Waals surface area contributed by atoms with Gasteiger partial charge in [0.2, 0.25) is 11.8 Å². The molecule has 0 spiro atoms. The number of hydrogen-bond donors (Lipinski definition) is 1. The molecule has 0 saturated heterocycles. The minimum absolute atomic E-state index is 0.00464. The van der Waals surface area contributed by atoms with Crippen molar-refractivity contribution >= 4 is 11.6 Å². The van der Waals surface area contributed by atoms with Gasteiger partial charge < -0.3 is 14.8 Å². The number of aromatic nitrogens is 4. The average Bonchev–Trinajstić information content (AvgIpc) is 3.24. The van der Waals surface area contributed by atoms with Gasteiger partial charge in [0.25, 0.3) is 0 Å². The van der Waals surface area contributed by atoms with Crippen molar-refractivity contribution in [3.05, 3.63) is 72.3 Å². The van der Waals surface area contributed by atoms with Crippen LogP contribution in [0.2, 0.25) is 0 Å². The van der Waals surface area contributed by atoms with Gasteiger partial charge in [0.1, 0.15) is 12.4 Å². The van der Waals surface area contributed by atoms with Crippen LogP contribution in [0, 0.1) is 0 Å². The Morgan fingerprint density at radius 1 is 1.03 bits per heavy atom. The van der Waals surface area contributed by atoms with Gasteiger partial charge in [0, 0.05) is 18.1 Å². The maximum atomic E-state index is 12.0. The van der Waals surface area contributed by atoms with Crippen molar-refractivity contribution < 1.29 is 14.3 Å². The normalized spacial score (nSPS) is 10.7. The van der Waals surface area contributed by atoms with E-state index in [-0.39, 0.29) is 5.91 Å². The van der Waals surface area contributed by atoms with Crippen molar-refractivity contribution in [2.75, 3.05) is 20.3 Å². The first kappa shape index (κ1) is 20.3. The SMILES string of the molecule is COc1cccc(-c2nnc3ccc(OCCNC(=O)CCc4ccccc4)nn23)c1. The minimum Gasteiger partial charge on any atom is -0.497 e. The number of ether oxygens (including phenoxy) is 2. The summed E-state index contributed by atoms with van der Waals surface area (Å²) in [6.45, 7) is 0.713. The monoisotopic (exact) mass is 417 g/mol. The summed E-state index contributed by atoms with van der Waals surface area (Å²) in [5, 5.41) is 15.7. The number of carbonyl (C=O) groups excluding carboxylic acids is 1. The summed E-state index contributed by atoms with van der Waals surface area (Å²) < 4.78 is 12.6. The number of hydrogen-bond acceptors (Lipinski definition) is 6. The molecule has 2 aromatic carbocycles. The Balaban J connectivity index is 1.32. The summed E-state index contributed by atoms with van der Waals surface area (Å²) in [6, 6.07) is 21.0. The lowest BCUT2D eigenvalue weighted by Gasteiger charge is -2.08. The van der Waals surface area contributed by atoms with Crippen molar-refractivity contribution in [1.82, 2.24) is 25.1 Å². The topological polar surface area (TPSA) is 90.6 Å². The molecule has 0 saturated carbocycles. The Labute approximate surface area is 179 Å². The van der Waals surface area contributed by atoms with Crippen LogP contribution in [-0.4, -0.2) is 46.0 Å². The van der Waals surface area contributed by atoms with E-state index < -0.39 is 0 Å². The molecule has 4 rings (SSSR count). The van der Waals surface area contributed by atoms with Gasteiger partial charge in [-0.1, -0.05) is 42.5 Å². The van der Waals surface area contributed by atoms with Gasteiger partial charge in [0.15, 0.2) is 11.5 Å². The zero-order chi connectivity index (χ0) is 21.5. The number of rotatable bonds is 9. The zero-order valence-corrected chi connectivity index (χ0v) is 17.2. The highest BCUT2D eigenvalue weighted by molar-refractivity contribution is 5.76. The summed E-state index contributed by atoms with van der Waals surface area (Å²) in [6.07, 6.45) is 1.16. The van der Waals surface area contributed by atoms with E-state index in [4.69, 9.17) is 9.47 Å². The van der Waals surface area contributed by atoms with E-state index in [9.17, 15) is 4.79 Å². The lowest BCUT2D eigenvalue weighted by molar-refractivity contribution is -0.121. The molecule has 0 unspecified atom stereocenters. The highest BCUT2D eigenvalue weighted by Crippen LogP contribution is 2.23. The van der Waals surface area contributed by atoms with E-state index in [0.29, 0.717) is 43.3 Å². The summed E-state index contributed by atoms with van der Waals surface area (Å²) in [7, 11) is 1.62. The molecule has 8 nitrogen and oxygen atoms in total. The molecule has 0 radical (unpaired) electrons. The number of nitrogens with one attached hydrogen (secondary N) is 1. The first-order valence-electron chi connectivity index (χ1n) is 10.0. The number of aryl methyl sites for hydroxylation is 1. The number of nitrogens with zero attached hydrogens (tertiary/aromatic N) is 4. The first-order valence-corrected chi connectivity index (χ1v) is 10.0. The number of benzene rings is 2. The van der Waals surface area contributed by atoms with Crippen LogP contribution in [0.3, 0.4) is 0 Å². The molecular formula is C23H23N5O3. The van der Waals surface area contributed by atoms with Crippen LogP contribution in [0.5, 0.6) is 11.6 Å². The van der Waals surface area contributed by atoms with E-state index in [1.54, 1.807) is 23.8 Å². The van der Waals surface area contributed by atoms with Gasteiger partial charge in [-0.15, -0.1) is 15.3 Å². The molecule has 0 bridgehead atoms. The maximum absolute atomic E-state index is 12.0. The van der Waals surface area contributed by atoms with Crippen LogP contribution in [0.4, 0.5) is 0 Å². The van der Waals surface area contributed by atoms with Crippen LogP contribution in [0.25, 0.3) is 17.0 Å². The van der Waals surface area contributed by atoms with Gasteiger partial charge in [-0.25, -0.2) is 0 Å². The lowest BCUT2D eigenvalue weighted by atomic mass is 10.1. The first-order chi connectivity index (χ1) is 15.2. The zero-order valence-electron chi connectivity index (χ0n) is 17.2. The predicted molar refractivity (Wildman–Crippen MR) is 116 cm³/mol. The number of fused-ring (bicyclic) bond motifs is 1. The molecule has 0 aliphatic heterocycles. The van der Waals surface area contributed by atoms with Crippen LogP contribution < -0.4 is 14.8 Å². The molecular weight excluding hydrogens is 394 g/mol. The molecule has 0 aliphatic rings. The molecule has 0 aliphatic carbocycles. The summed E-state index contributed by atoms with van der Waals surface area (Å²) >= 11 is 0. The molecule has 1 amide bonds. The Bertz CT molecular complexity index is 1160. The van der Waals surface area contributed by atoms with E-state index in [1.165, 1.54) is 0 Å². The fourth-order valence-electron chi connectivity index (χ4n) is 3.13. The van der Waals surface area contributed by atoms with Gasteiger partial charge in [-0.3, -0.25) is 4.79 Å². The molecule has 2 heterocycles. The van der Waals surface area contributed by atoms with Crippen molar-refractivity contribution in [1.29, 1.82) is 0 Å². The molecule has 31 heavy (non-hydrogen) atoms. The van der Waals surface area contributed by atoms with E-state index >= 15 is 0 Å². The van der Waals surface area contributed by atoms with Gasteiger partial charge >= 0.3 is 0 Å². The van der Waals surface area contributed by atoms with Crippen molar-refractivity contribution in [2.45, 2.75) is 12.8 Å². The maximum Gasteiger partial charge on any atom is 0.231 e. The molecule has 1 N–H and O–H groups in total. The quantitative estimate of drug-likeness (QED) is 0.421. The Morgan fingerprint density at radius 2 is 1.90 bits per heavy atom. The molecule has 0 fully saturated rings. The lowest BCUT2D eigenvalue weighted by Crippen LogP contribution is -2.28. The summed E-state index contributed by atoms with van der Waals surface area (Å²) in [5.74, 6) is 1.74. The number of amides is 1. The summed E-state index contributed by atoms with van der Waals surface area (Å²) in [5.41, 5.74) is 2.59. The second-order valence-electron chi connectivity index (χ2n) is 6.88. The fourth-order valence-corrected chi connectivity index (χ4v) is 3.13. The second kappa shape index (κ2) is 9.71. The van der Waals surface area contributed by atoms with E-state index in [1.807, 2.05) is 54.6 Å². The third kappa shape index (κ3) is 5.16. The van der Waals surface area contributed by atoms with Gasteiger partial charge in [-0.2, -0.15) is 4.52 Å². The number of carbonyl (C=O) groups is 1. The molecule has 8 heteroatoms. The molecule has 158 valence electrons. The molecule has 4 aromatic rings. The van der Waals surface area contributed by atoms with Gasteiger partial charge in [0.05, 0.1) is 13.7 Å². The van der Waals surface area contributed by atoms with Gasteiger partial charge in [-0.05, 0) is 30.2 Å². The van der Waals surface area contributed by atoms with Crippen LogP contribution >= 0.6 is 0 Å². The highest BCUT2D eigenvalue weighted by atomic mass is 16.5. The van der Waals surface area contributed by atoms with Crippen molar-refractivity contribution in [3.8, 4) is 23.0 Å². The van der Waals surface area contributed by atoms with Crippen LogP contribution in [0.15, 0.2) is 66.7 Å². The van der Waals surface area contributed by atoms with Crippen molar-refractivity contribution in [3.63, 3.8) is 0 Å². The predicted octanol–water partition coefficient (Wildman–Crippen LogP) is 2.93. The average molecular weight is 417 g/mol. The third-order valence-electron chi connectivity index (χ3n) is 4.72. The largest absolute Gasteiger partial charge is 0.497 e. The smallest absolute Gasteiger partial charge is 0.231 e. The van der Waals surface area contributed by atoms with E-state index in [0.717, 1.165) is 16.9 Å². The number of methoxy groups -OCH3 is 1. The van der Waals surface area contributed by atoms with Crippen LogP contribution in [-0.2, 0) is 11.2 Å². The Kier molecular flexibility index (Phi) is 6.37. The standard InChI is InChI=1S/C23H23N5O3/c1-30-19-9-5-8-18(16-19)23-26-25-20-11-13-22(27-28(20)23)31-15-14-24-21(29)12-10-17-6-3-2-4-7-17/h2-9,11,13,16H,10,12,14-15H2,1H3,(H,24,29). The molecule has 2 aromatic heterocycles. The second-order valence-corrected chi connectivity index (χ2v) is 6.88. The van der Waals surface area contributed by atoms with Crippen LogP contribution in [0.1, 0.15) is 12.0 Å². The fraction of sp³-hybridized carbons (Fsp3) is 0.217. The summed E-state index contributed by atoms with van der Waals surface area (Å²) in [4.78, 5) is 12.0. The minimum atomic E-state index is -0.00464. The highest BCUT2D eigenvalue weighted by Gasteiger charge is 2.11. The van der Waals surface area contributed by atoms with Crippen molar-refractivity contribution in [2.24, 2.45) is 0 Å². The third-order valence-corrected chi connectivity index (χ3v) is 4.72. The Hall–Kier alpha value is -3.94. The Morgan fingerprint density at radius 3 is 2.74 bits per heavy atom. The molecule has 0 atom stereocenters.